The summed E-state index contributed by atoms with van der Waals surface area (Å²) in [6, 6.07) is 2.85. The van der Waals surface area contributed by atoms with Crippen LogP contribution in [0.3, 0.4) is 0 Å². The molecule has 1 atom stereocenters. The number of allylic oxidation sites excluding steroid dienone is 1. The van der Waals surface area contributed by atoms with Gasteiger partial charge in [-0.3, -0.25) is 0 Å². The van der Waals surface area contributed by atoms with E-state index in [0.717, 1.165) is 31.0 Å². The van der Waals surface area contributed by atoms with Crippen molar-refractivity contribution in [2.45, 2.75) is 31.7 Å². The molecule has 0 aliphatic heterocycles. The first-order valence-corrected chi connectivity index (χ1v) is 6.29. The number of carboxylic acid groups (broad SMARTS) is 1. The highest BCUT2D eigenvalue weighted by Gasteiger charge is 2.33. The van der Waals surface area contributed by atoms with E-state index in [1.54, 1.807) is 6.08 Å². The first-order valence-electron chi connectivity index (χ1n) is 6.29. The minimum atomic E-state index is -4.89. The van der Waals surface area contributed by atoms with Crippen molar-refractivity contribution in [3.63, 3.8) is 0 Å². The summed E-state index contributed by atoms with van der Waals surface area (Å²) in [5, 5.41) is 10.8. The molecule has 0 spiro atoms. The summed E-state index contributed by atoms with van der Waals surface area (Å²) >= 11 is 0. The van der Waals surface area contributed by atoms with Gasteiger partial charge in [0.15, 0.2) is 11.5 Å². The Morgan fingerprint density at radius 2 is 2.05 bits per heavy atom. The van der Waals surface area contributed by atoms with E-state index in [-0.39, 0.29) is 11.3 Å². The van der Waals surface area contributed by atoms with Gasteiger partial charge in [0.25, 0.3) is 0 Å². The number of carboxylic acids is 1. The molecule has 7 heteroatoms. The number of hydrogen-bond donors (Lipinski definition) is 0. The van der Waals surface area contributed by atoms with Crippen LogP contribution in [-0.2, 0) is 0 Å². The van der Waals surface area contributed by atoms with Gasteiger partial charge in [0.05, 0.1) is 5.97 Å². The molecule has 114 valence electrons. The molecule has 0 amide bonds. The highest BCUT2D eigenvalue weighted by atomic mass is 19.4. The summed E-state index contributed by atoms with van der Waals surface area (Å²) < 4.78 is 46.3. The maximum atomic E-state index is 12.3. The van der Waals surface area contributed by atoms with E-state index in [0.29, 0.717) is 6.42 Å². The number of carbonyl (C=O) groups is 1. The van der Waals surface area contributed by atoms with Crippen LogP contribution in [0.2, 0.25) is 0 Å². The molecule has 0 saturated carbocycles. The number of ether oxygens (including phenoxy) is 2. The standard InChI is InChI=1S/C14H13F3O4/c15-14(16,17)21-11-7-6-9(13(18)19)8-12(11)20-10-4-2-1-3-5-10/h2,4,6-8,10H,1,3,5H2,(H,18,19)/p-1. The van der Waals surface area contributed by atoms with Crippen molar-refractivity contribution in [3.8, 4) is 11.5 Å². The number of carbonyl (C=O) groups excluding carboxylic acids is 1. The number of aromatic carboxylic acids is 1. The Morgan fingerprint density at radius 1 is 1.29 bits per heavy atom. The van der Waals surface area contributed by atoms with Crippen LogP contribution in [-0.4, -0.2) is 18.4 Å². The molecule has 1 aromatic carbocycles. The van der Waals surface area contributed by atoms with Crippen LogP contribution in [0.25, 0.3) is 0 Å². The number of rotatable bonds is 4. The molecule has 0 fully saturated rings. The van der Waals surface area contributed by atoms with Crippen LogP contribution in [0.4, 0.5) is 13.2 Å². The quantitative estimate of drug-likeness (QED) is 0.801. The van der Waals surface area contributed by atoms with Gasteiger partial charge < -0.3 is 19.4 Å². The highest BCUT2D eigenvalue weighted by molar-refractivity contribution is 5.86. The summed E-state index contributed by atoms with van der Waals surface area (Å²) in [5.74, 6) is -2.35. The maximum Gasteiger partial charge on any atom is 0.573 e. The van der Waals surface area contributed by atoms with Crippen molar-refractivity contribution in [1.82, 2.24) is 0 Å². The molecule has 0 radical (unpaired) electrons. The number of alkyl halides is 3. The van der Waals surface area contributed by atoms with E-state index in [4.69, 9.17) is 4.74 Å². The largest absolute Gasteiger partial charge is 0.573 e. The second-order valence-corrected chi connectivity index (χ2v) is 4.51. The number of halogens is 3. The summed E-state index contributed by atoms with van der Waals surface area (Å²) in [6.07, 6.45) is 0.655. The fourth-order valence-corrected chi connectivity index (χ4v) is 1.98. The molecule has 2 rings (SSSR count). The summed E-state index contributed by atoms with van der Waals surface area (Å²) in [6.45, 7) is 0. The van der Waals surface area contributed by atoms with Crippen molar-refractivity contribution in [1.29, 1.82) is 0 Å². The number of hydrogen-bond acceptors (Lipinski definition) is 4. The normalized spacial score (nSPS) is 18.3. The van der Waals surface area contributed by atoms with Gasteiger partial charge in [0.1, 0.15) is 6.10 Å². The highest BCUT2D eigenvalue weighted by Crippen LogP contribution is 2.34. The Balaban J connectivity index is 2.28. The van der Waals surface area contributed by atoms with Crippen molar-refractivity contribution in [2.75, 3.05) is 0 Å². The zero-order valence-corrected chi connectivity index (χ0v) is 10.9. The Bertz CT molecular complexity index is 552. The molecule has 1 aliphatic rings. The lowest BCUT2D eigenvalue weighted by Gasteiger charge is -2.21. The summed E-state index contributed by atoms with van der Waals surface area (Å²) in [5.41, 5.74) is -0.278. The van der Waals surface area contributed by atoms with Crippen LogP contribution >= 0.6 is 0 Å². The van der Waals surface area contributed by atoms with E-state index >= 15 is 0 Å². The Morgan fingerprint density at radius 3 is 2.62 bits per heavy atom. The Hall–Kier alpha value is -2.18. The second kappa shape index (κ2) is 6.07. The summed E-state index contributed by atoms with van der Waals surface area (Å²) in [7, 11) is 0. The van der Waals surface area contributed by atoms with Gasteiger partial charge in [-0.1, -0.05) is 6.08 Å². The third-order valence-electron chi connectivity index (χ3n) is 2.89. The van der Waals surface area contributed by atoms with Crippen LogP contribution in [0.5, 0.6) is 11.5 Å². The van der Waals surface area contributed by atoms with Gasteiger partial charge in [-0.2, -0.15) is 0 Å². The minimum absolute atomic E-state index is 0.273. The smallest absolute Gasteiger partial charge is 0.545 e. The molecule has 0 aromatic heterocycles. The lowest BCUT2D eigenvalue weighted by molar-refractivity contribution is -0.275. The molecular weight excluding hydrogens is 289 g/mol. The molecule has 0 N–H and O–H groups in total. The predicted octanol–water partition coefficient (Wildman–Crippen LogP) is 2.44. The van der Waals surface area contributed by atoms with Crippen LogP contribution in [0.1, 0.15) is 29.6 Å². The first-order chi connectivity index (χ1) is 9.85. The third kappa shape index (κ3) is 4.40. The molecular formula is C14H12F3O4-. The zero-order valence-electron chi connectivity index (χ0n) is 10.9. The average Bonchev–Trinajstić information content (AvgIpc) is 2.40. The van der Waals surface area contributed by atoms with E-state index in [2.05, 4.69) is 4.74 Å². The average molecular weight is 301 g/mol. The fraction of sp³-hybridized carbons (Fsp3) is 0.357. The molecule has 1 aromatic rings. The summed E-state index contributed by atoms with van der Waals surface area (Å²) in [4.78, 5) is 10.8. The zero-order chi connectivity index (χ0) is 15.5. The second-order valence-electron chi connectivity index (χ2n) is 4.51. The number of benzene rings is 1. The minimum Gasteiger partial charge on any atom is -0.545 e. The van der Waals surface area contributed by atoms with Crippen molar-refractivity contribution in [3.05, 3.63) is 35.9 Å². The van der Waals surface area contributed by atoms with Gasteiger partial charge in [-0.25, -0.2) is 0 Å². The van der Waals surface area contributed by atoms with E-state index < -0.39 is 24.2 Å². The van der Waals surface area contributed by atoms with Gasteiger partial charge in [-0.15, -0.1) is 13.2 Å². The molecule has 0 bridgehead atoms. The molecule has 0 heterocycles. The van der Waals surface area contributed by atoms with E-state index in [1.165, 1.54) is 0 Å². The topological polar surface area (TPSA) is 58.6 Å². The van der Waals surface area contributed by atoms with Crippen molar-refractivity contribution in [2.24, 2.45) is 0 Å². The van der Waals surface area contributed by atoms with Gasteiger partial charge >= 0.3 is 6.36 Å². The first kappa shape index (κ1) is 15.2. The Kier molecular flexibility index (Phi) is 4.40. The molecule has 1 unspecified atom stereocenters. The van der Waals surface area contributed by atoms with Crippen molar-refractivity contribution < 1.29 is 32.5 Å². The molecule has 4 nitrogen and oxygen atoms in total. The van der Waals surface area contributed by atoms with Crippen LogP contribution in [0.15, 0.2) is 30.4 Å². The molecule has 21 heavy (non-hydrogen) atoms. The predicted molar refractivity (Wildman–Crippen MR) is 64.9 cm³/mol. The lowest BCUT2D eigenvalue weighted by atomic mass is 10.1. The van der Waals surface area contributed by atoms with Gasteiger partial charge in [-0.05, 0) is 43.5 Å². The maximum absolute atomic E-state index is 12.3. The van der Waals surface area contributed by atoms with Crippen LogP contribution in [0, 0.1) is 0 Å². The lowest BCUT2D eigenvalue weighted by Crippen LogP contribution is -2.23. The third-order valence-corrected chi connectivity index (χ3v) is 2.89. The van der Waals surface area contributed by atoms with Crippen LogP contribution < -0.4 is 14.6 Å². The van der Waals surface area contributed by atoms with Crippen molar-refractivity contribution >= 4 is 5.97 Å². The SMILES string of the molecule is O=C([O-])c1ccc(OC(F)(F)F)c(OC2C=CCCC2)c1. The monoisotopic (exact) mass is 301 g/mol. The van der Waals surface area contributed by atoms with E-state index in [9.17, 15) is 23.1 Å². The van der Waals surface area contributed by atoms with Gasteiger partial charge in [0.2, 0.25) is 0 Å². The fourth-order valence-electron chi connectivity index (χ4n) is 1.98. The van der Waals surface area contributed by atoms with E-state index in [1.807, 2.05) is 6.08 Å². The molecule has 0 saturated heterocycles. The molecule has 1 aliphatic carbocycles. The Labute approximate surface area is 118 Å². The van der Waals surface area contributed by atoms with Gasteiger partial charge in [0, 0.05) is 5.56 Å².